The number of amides is 4. The summed E-state index contributed by atoms with van der Waals surface area (Å²) in [6, 6.07) is 0. The third-order valence-corrected chi connectivity index (χ3v) is 9.28. The van der Waals surface area contributed by atoms with Gasteiger partial charge in [0.25, 0.3) is 23.6 Å². The van der Waals surface area contributed by atoms with Gasteiger partial charge in [-0.15, -0.1) is 8.83 Å². The molecule has 4 amide bonds. The van der Waals surface area contributed by atoms with Crippen LogP contribution in [0.15, 0.2) is 22.3 Å². The molecule has 0 aromatic rings. The molecule has 2 rings (SSSR count). The average Bonchev–Trinajstić information content (AvgIpc) is 3.32. The highest BCUT2D eigenvalue weighted by atomic mass is 32.2. The normalized spacial score (nSPS) is 17.4. The number of carbonyl (C=O) groups is 4. The predicted molar refractivity (Wildman–Crippen MR) is 167 cm³/mol. The number of hydrogen-bond donors (Lipinski definition) is 2. The lowest BCUT2D eigenvalue weighted by atomic mass is 9.98. The zero-order valence-corrected chi connectivity index (χ0v) is 28.9. The van der Waals surface area contributed by atoms with Crippen molar-refractivity contribution in [1.82, 2.24) is 18.8 Å². The molecule has 2 atom stereocenters. The van der Waals surface area contributed by atoms with Crippen LogP contribution in [0.5, 0.6) is 0 Å². The molecular weight excluding hydrogens is 612 g/mol. The van der Waals surface area contributed by atoms with Gasteiger partial charge in [0, 0.05) is 13.1 Å². The van der Waals surface area contributed by atoms with Crippen LogP contribution in [-0.4, -0.2) is 72.4 Å². The van der Waals surface area contributed by atoms with Crippen LogP contribution in [0, 0.1) is 11.8 Å². The number of hydrogen-bond acceptors (Lipinski definition) is 8. The van der Waals surface area contributed by atoms with Gasteiger partial charge in [0.1, 0.15) is 11.1 Å². The number of carbonyl (C=O) groups excluding carboxylic acids is 4. The molecule has 0 radical (unpaired) electrons. The van der Waals surface area contributed by atoms with Crippen molar-refractivity contribution >= 4 is 44.0 Å². The minimum Gasteiger partial charge on any atom is -0.267 e. The summed E-state index contributed by atoms with van der Waals surface area (Å²) in [6.07, 6.45) is 9.02. The summed E-state index contributed by atoms with van der Waals surface area (Å²) in [7, 11) is -9.58. The maximum atomic E-state index is 13.0. The highest BCUT2D eigenvalue weighted by molar-refractivity contribution is 7.90. The Hall–Kier alpha value is -2.82. The van der Waals surface area contributed by atoms with Gasteiger partial charge < -0.3 is 0 Å². The highest BCUT2D eigenvalue weighted by Gasteiger charge is 2.52. The van der Waals surface area contributed by atoms with E-state index < -0.39 is 37.8 Å². The van der Waals surface area contributed by atoms with Crippen molar-refractivity contribution in [1.29, 1.82) is 0 Å². The summed E-state index contributed by atoms with van der Waals surface area (Å²) >= 11 is 0. The molecule has 2 heterocycles. The minimum atomic E-state index is -4.79. The molecule has 2 saturated heterocycles. The second kappa shape index (κ2) is 16.5. The fraction of sp³-hybridized carbons (Fsp3) is 0.714. The van der Waals surface area contributed by atoms with Gasteiger partial charge in [0.2, 0.25) is 0 Å². The molecule has 0 bridgehead atoms. The summed E-state index contributed by atoms with van der Waals surface area (Å²) in [4.78, 5) is 49.3. The lowest BCUT2D eigenvalue weighted by Crippen LogP contribution is -2.52. The van der Waals surface area contributed by atoms with Crippen molar-refractivity contribution in [2.24, 2.45) is 22.1 Å². The zero-order chi connectivity index (χ0) is 34.2. The van der Waals surface area contributed by atoms with Crippen molar-refractivity contribution in [2.75, 3.05) is 13.1 Å². The third kappa shape index (κ3) is 9.59. The largest absolute Gasteiger partial charge is 0.320 e. The van der Waals surface area contributed by atoms with E-state index in [1.54, 1.807) is 10.0 Å². The molecule has 2 aliphatic rings. The highest BCUT2D eigenvalue weighted by Crippen LogP contribution is 2.28. The molecule has 252 valence electrons. The summed E-state index contributed by atoms with van der Waals surface area (Å²) in [5, 5.41) is 12.9. The molecule has 2 fully saturated rings. The quantitative estimate of drug-likeness (QED) is 0.209. The Morgan fingerprint density at radius 3 is 1.11 bits per heavy atom. The first-order valence-electron chi connectivity index (χ1n) is 15.0. The van der Waals surface area contributed by atoms with Crippen LogP contribution < -0.4 is 10.3 Å². The van der Waals surface area contributed by atoms with E-state index in [1.807, 2.05) is 13.8 Å². The van der Waals surface area contributed by atoms with Crippen LogP contribution >= 0.6 is 0 Å². The third-order valence-electron chi connectivity index (χ3n) is 7.56. The van der Waals surface area contributed by atoms with Crippen LogP contribution in [-0.2, 0) is 39.6 Å². The van der Waals surface area contributed by atoms with E-state index in [4.69, 9.17) is 0 Å². The van der Waals surface area contributed by atoms with Crippen LogP contribution in [0.2, 0.25) is 0 Å². The summed E-state index contributed by atoms with van der Waals surface area (Å²) in [5.41, 5.74) is 0.735. The molecule has 0 saturated carbocycles. The predicted octanol–water partition coefficient (Wildman–Crippen LogP) is 2.66. The van der Waals surface area contributed by atoms with Crippen molar-refractivity contribution < 1.29 is 36.0 Å². The maximum absolute atomic E-state index is 13.0. The maximum Gasteiger partial charge on any atom is 0.320 e. The summed E-state index contributed by atoms with van der Waals surface area (Å²) in [6.45, 7) is 16.5. The molecule has 4 N–H and O–H groups in total. The molecule has 0 aromatic heterocycles. The SMILES string of the molecule is CC(C)=C1C(=O)N(S(N)(=O)=O)N(S(N)(=O)=O)C1=O.CCCCC(CC)CN1C(=O)C(=C(C)C)C(=O)N1CC(CC)CCCC. The Morgan fingerprint density at radius 1 is 0.591 bits per heavy atom. The smallest absolute Gasteiger partial charge is 0.267 e. The molecule has 0 spiro atoms. The molecule has 0 aromatic carbocycles. The van der Waals surface area contributed by atoms with Gasteiger partial charge in [-0.3, -0.25) is 19.2 Å². The average molecular weight is 663 g/mol. The van der Waals surface area contributed by atoms with Crippen LogP contribution in [0.4, 0.5) is 0 Å². The Morgan fingerprint density at radius 2 is 0.886 bits per heavy atom. The first kappa shape index (κ1) is 39.2. The van der Waals surface area contributed by atoms with Crippen molar-refractivity contribution in [2.45, 2.75) is 107 Å². The number of unbranched alkanes of at least 4 members (excludes halogenated alkanes) is 2. The first-order valence-corrected chi connectivity index (χ1v) is 18.0. The molecule has 16 heteroatoms. The Kier molecular flexibility index (Phi) is 14.7. The molecular formula is C28H50N6O8S2. The number of nitrogens with zero attached hydrogens (tertiary/aromatic N) is 4. The standard InChI is InChI=1S/C22H40N2O2.C6H10N4O6S2/c1-7-11-13-18(9-3)15-23-21(25)20(17(5)6)22(26)24(23)16-19(10-4)14-12-8-2;1-3(2)4-5(11)9(17(7,13)14)10(6(4)12)18(8,15)16/h18-19H,7-16H2,1-6H3;1-2H3,(H2,7,13,14)(H2,8,15,16). The lowest BCUT2D eigenvalue weighted by Gasteiger charge is -2.33. The van der Waals surface area contributed by atoms with E-state index in [2.05, 4.69) is 38.0 Å². The van der Waals surface area contributed by atoms with Gasteiger partial charge in [-0.2, -0.15) is 16.8 Å². The molecule has 14 nitrogen and oxygen atoms in total. The van der Waals surface area contributed by atoms with Crippen LogP contribution in [0.25, 0.3) is 0 Å². The van der Waals surface area contributed by atoms with Gasteiger partial charge >= 0.3 is 20.4 Å². The van der Waals surface area contributed by atoms with Gasteiger partial charge in [-0.05, 0) is 52.4 Å². The molecule has 2 aliphatic heterocycles. The number of hydrazine groups is 2. The lowest BCUT2D eigenvalue weighted by molar-refractivity contribution is -0.149. The minimum absolute atomic E-state index is 0.0877. The van der Waals surface area contributed by atoms with Crippen LogP contribution in [0.1, 0.15) is 107 Å². The Balaban J connectivity index is 0.000000470. The number of nitrogens with two attached hydrogens (primary N) is 2. The fourth-order valence-electron chi connectivity index (χ4n) is 5.00. The topological polar surface area (TPSA) is 202 Å². The van der Waals surface area contributed by atoms with E-state index in [0.29, 0.717) is 30.5 Å². The van der Waals surface area contributed by atoms with E-state index in [9.17, 15) is 36.0 Å². The van der Waals surface area contributed by atoms with Gasteiger partial charge in [-0.25, -0.2) is 20.3 Å². The second-order valence-electron chi connectivity index (χ2n) is 11.5. The van der Waals surface area contributed by atoms with E-state index in [1.165, 1.54) is 39.5 Å². The molecule has 0 aliphatic carbocycles. The van der Waals surface area contributed by atoms with Crippen molar-refractivity contribution in [3.63, 3.8) is 0 Å². The first-order chi connectivity index (χ1) is 20.3. The van der Waals surface area contributed by atoms with E-state index >= 15 is 0 Å². The Bertz CT molecular complexity index is 1280. The van der Waals surface area contributed by atoms with E-state index in [0.717, 1.165) is 31.3 Å². The number of rotatable bonds is 14. The monoisotopic (exact) mass is 662 g/mol. The molecule has 2 unspecified atom stereocenters. The van der Waals surface area contributed by atoms with Gasteiger partial charge in [-0.1, -0.05) is 77.4 Å². The van der Waals surface area contributed by atoms with Gasteiger partial charge in [0.05, 0.1) is 0 Å². The van der Waals surface area contributed by atoms with Crippen molar-refractivity contribution in [3.8, 4) is 0 Å². The summed E-state index contributed by atoms with van der Waals surface area (Å²) < 4.78 is 43.9. The summed E-state index contributed by atoms with van der Waals surface area (Å²) in [5.74, 6) is -1.98. The number of allylic oxidation sites excluding steroid dienone is 2. The van der Waals surface area contributed by atoms with Crippen LogP contribution in [0.3, 0.4) is 0 Å². The van der Waals surface area contributed by atoms with E-state index in [-0.39, 0.29) is 26.2 Å². The van der Waals surface area contributed by atoms with Gasteiger partial charge in [0.15, 0.2) is 0 Å². The Labute approximate surface area is 262 Å². The fourth-order valence-corrected chi connectivity index (χ4v) is 6.76. The second-order valence-corrected chi connectivity index (χ2v) is 14.3. The van der Waals surface area contributed by atoms with Crippen molar-refractivity contribution in [3.05, 3.63) is 22.3 Å². The molecule has 44 heavy (non-hydrogen) atoms. The zero-order valence-electron chi connectivity index (χ0n) is 27.3.